The molecule has 0 spiro atoms. The van der Waals surface area contributed by atoms with Crippen molar-refractivity contribution >= 4 is 29.7 Å². The van der Waals surface area contributed by atoms with E-state index in [1.165, 1.54) is 12.8 Å². The first-order valence-electron chi connectivity index (χ1n) is 4.33. The molecule has 0 bridgehead atoms. The molecule has 72 valence electrons. The van der Waals surface area contributed by atoms with Gasteiger partial charge in [0.05, 0.1) is 0 Å². The van der Waals surface area contributed by atoms with Gasteiger partial charge in [-0.3, -0.25) is 9.59 Å². The Balaban J connectivity index is 0. The van der Waals surface area contributed by atoms with E-state index >= 15 is 0 Å². The molecule has 0 rings (SSSR count). The minimum absolute atomic E-state index is 0.806. The maximum atomic E-state index is 9.43. The normalized spacial score (nSPS) is 11.1. The summed E-state index contributed by atoms with van der Waals surface area (Å²) in [5.41, 5.74) is 0. The topological polar surface area (TPSA) is 74.6 Å². The average molecular weight is 182 g/mol. The second kappa shape index (κ2) is 9.62. The van der Waals surface area contributed by atoms with E-state index in [2.05, 4.69) is 31.6 Å². The van der Waals surface area contributed by atoms with Crippen LogP contribution in [-0.4, -0.2) is 39.9 Å². The van der Waals surface area contributed by atoms with Gasteiger partial charge < -0.3 is 10.2 Å². The second-order valence-corrected chi connectivity index (χ2v) is 3.15. The Bertz CT molecular complexity index is 144. The van der Waals surface area contributed by atoms with Crippen molar-refractivity contribution in [2.24, 2.45) is 0 Å². The molecule has 0 amide bonds. The molecule has 0 aromatic rings. The van der Waals surface area contributed by atoms with E-state index in [1.54, 1.807) is 0 Å². The number of hydrogen-bond acceptors (Lipinski definition) is 2. The summed E-state index contributed by atoms with van der Waals surface area (Å²) >= 11 is 2.25. The van der Waals surface area contributed by atoms with Crippen LogP contribution in [0.5, 0.6) is 0 Å². The van der Waals surface area contributed by atoms with E-state index in [0.29, 0.717) is 0 Å². The predicted octanol–water partition coefficient (Wildman–Crippen LogP) is 1.31. The Morgan fingerprint density at radius 1 is 1.31 bits per heavy atom. The molecule has 4 nitrogen and oxygen atoms in total. The average Bonchev–Trinajstić information content (AvgIpc) is 1.83. The molecular formula is C8H15LiO4. The third kappa shape index (κ3) is 24.6. The van der Waals surface area contributed by atoms with Gasteiger partial charge in [0.15, 0.2) is 0 Å². The van der Waals surface area contributed by atoms with Crippen LogP contribution in [0.3, 0.4) is 0 Å². The van der Waals surface area contributed by atoms with Crippen LogP contribution in [0.25, 0.3) is 0 Å². The fourth-order valence-electron chi connectivity index (χ4n) is 0.707. The van der Waals surface area contributed by atoms with Crippen molar-refractivity contribution in [2.75, 3.05) is 0 Å². The van der Waals surface area contributed by atoms with E-state index in [4.69, 9.17) is 10.2 Å². The van der Waals surface area contributed by atoms with E-state index < -0.39 is 18.4 Å². The van der Waals surface area contributed by atoms with Crippen molar-refractivity contribution in [1.82, 2.24) is 0 Å². The molecule has 5 heteroatoms. The van der Waals surface area contributed by atoms with Crippen LogP contribution >= 0.6 is 0 Å². The van der Waals surface area contributed by atoms with E-state index in [1.807, 2.05) is 0 Å². The van der Waals surface area contributed by atoms with Gasteiger partial charge in [-0.2, -0.15) is 0 Å². The standard InChI is InChI=1S/C5H11.C3H4O4.Li/c1-3-5-4-2;4-2(5)1-3(6)7;/h3H,4-5H2,1-2H3;1H2,(H,4,5)(H,6,7);. The molecule has 0 fully saturated rings. The Morgan fingerprint density at radius 2 is 1.69 bits per heavy atom. The summed E-state index contributed by atoms with van der Waals surface area (Å²) in [6, 6.07) is 0. The van der Waals surface area contributed by atoms with Crippen molar-refractivity contribution in [3.8, 4) is 0 Å². The van der Waals surface area contributed by atoms with Crippen LogP contribution in [0, 0.1) is 0 Å². The second-order valence-electron chi connectivity index (χ2n) is 3.15. The molecule has 1 unspecified atom stereocenters. The van der Waals surface area contributed by atoms with E-state index in [-0.39, 0.29) is 0 Å². The Morgan fingerprint density at radius 3 is 1.69 bits per heavy atom. The fraction of sp³-hybridized carbons (Fsp3) is 0.750. The number of hydrogen-bond donors (Lipinski definition) is 2. The van der Waals surface area contributed by atoms with Crippen molar-refractivity contribution < 1.29 is 19.8 Å². The fourth-order valence-corrected chi connectivity index (χ4v) is 0.707. The quantitative estimate of drug-likeness (QED) is 0.507. The first-order chi connectivity index (χ1) is 5.90. The van der Waals surface area contributed by atoms with Crippen molar-refractivity contribution in [2.45, 2.75) is 37.7 Å². The predicted molar refractivity (Wildman–Crippen MR) is 50.0 cm³/mol. The van der Waals surface area contributed by atoms with E-state index in [0.717, 1.165) is 4.59 Å². The molecule has 0 aromatic heterocycles. The minimum atomic E-state index is -1.31. The Kier molecular flexibility index (Phi) is 11.1. The van der Waals surface area contributed by atoms with Crippen LogP contribution in [0.4, 0.5) is 0 Å². The summed E-state index contributed by atoms with van der Waals surface area (Å²) in [4.78, 5) is 18.9. The van der Waals surface area contributed by atoms with Crippen molar-refractivity contribution in [1.29, 1.82) is 0 Å². The molecule has 0 aliphatic carbocycles. The van der Waals surface area contributed by atoms with Crippen molar-refractivity contribution in [3.05, 3.63) is 0 Å². The summed E-state index contributed by atoms with van der Waals surface area (Å²) in [5.74, 6) is -2.62. The number of carboxylic acids is 2. The molecule has 0 heterocycles. The van der Waals surface area contributed by atoms with Gasteiger partial charge in [-0.15, -0.1) is 0 Å². The molecule has 0 aliphatic heterocycles. The van der Waals surface area contributed by atoms with Gasteiger partial charge in [0.1, 0.15) is 6.42 Å². The molecule has 1 atom stereocenters. The van der Waals surface area contributed by atoms with Crippen LogP contribution in [0.2, 0.25) is 4.59 Å². The Hall–Kier alpha value is -0.463. The third-order valence-electron chi connectivity index (χ3n) is 1.17. The SMILES string of the molecule is O=C(O)CC(=O)O.[Li][CH](C)CCC. The van der Waals surface area contributed by atoms with Gasteiger partial charge >= 0.3 is 60.9 Å². The van der Waals surface area contributed by atoms with Gasteiger partial charge in [0.25, 0.3) is 0 Å². The first kappa shape index (κ1) is 15.0. The summed E-state index contributed by atoms with van der Waals surface area (Å²) in [7, 11) is 0. The Labute approximate surface area is 87.5 Å². The van der Waals surface area contributed by atoms with Gasteiger partial charge in [0, 0.05) is 0 Å². The monoisotopic (exact) mass is 182 g/mol. The number of carboxylic acid groups (broad SMARTS) is 2. The molecule has 0 radical (unpaired) electrons. The van der Waals surface area contributed by atoms with Crippen LogP contribution in [0.15, 0.2) is 0 Å². The van der Waals surface area contributed by atoms with Crippen LogP contribution < -0.4 is 0 Å². The van der Waals surface area contributed by atoms with Crippen LogP contribution in [0.1, 0.15) is 33.1 Å². The van der Waals surface area contributed by atoms with Gasteiger partial charge in [-0.05, 0) is 0 Å². The zero-order chi connectivity index (χ0) is 10.9. The molecule has 0 aromatic carbocycles. The number of carbonyl (C=O) groups is 2. The maximum absolute atomic E-state index is 9.43. The summed E-state index contributed by atoms with van der Waals surface area (Å²) in [6.07, 6.45) is 1.90. The van der Waals surface area contributed by atoms with Crippen LogP contribution in [-0.2, 0) is 9.59 Å². The van der Waals surface area contributed by atoms with E-state index in [9.17, 15) is 9.59 Å². The van der Waals surface area contributed by atoms with Gasteiger partial charge in [-0.1, -0.05) is 0 Å². The van der Waals surface area contributed by atoms with Gasteiger partial charge in [0.2, 0.25) is 0 Å². The summed E-state index contributed by atoms with van der Waals surface area (Å²) in [5, 5.41) is 15.4. The number of aliphatic carboxylic acids is 2. The molecular weight excluding hydrogens is 167 g/mol. The first-order valence-corrected chi connectivity index (χ1v) is 4.33. The molecule has 0 saturated heterocycles. The van der Waals surface area contributed by atoms with Gasteiger partial charge in [-0.25, -0.2) is 0 Å². The zero-order valence-corrected chi connectivity index (χ0v) is 8.41. The summed E-state index contributed by atoms with van der Waals surface area (Å²) < 4.78 is 0.898. The molecule has 0 aliphatic rings. The third-order valence-corrected chi connectivity index (χ3v) is 1.17. The number of rotatable bonds is 4. The molecule has 13 heavy (non-hydrogen) atoms. The molecule has 0 saturated carbocycles. The zero-order valence-electron chi connectivity index (χ0n) is 8.41. The van der Waals surface area contributed by atoms with Crippen molar-refractivity contribution in [3.63, 3.8) is 0 Å². The molecule has 2 N–H and O–H groups in total. The summed E-state index contributed by atoms with van der Waals surface area (Å²) in [6.45, 7) is 4.48.